The van der Waals surface area contributed by atoms with Crippen LogP contribution in [0.1, 0.15) is 12.8 Å². The van der Waals surface area contributed by atoms with E-state index in [4.69, 9.17) is 0 Å². The molecule has 1 aromatic rings. The van der Waals surface area contributed by atoms with Gasteiger partial charge in [0.1, 0.15) is 5.69 Å². The Labute approximate surface area is 166 Å². The van der Waals surface area contributed by atoms with E-state index in [0.717, 1.165) is 44.9 Å². The number of nitro benzene ring substituents is 1. The van der Waals surface area contributed by atoms with E-state index in [-0.39, 0.29) is 23.0 Å². The zero-order valence-corrected chi connectivity index (χ0v) is 17.1. The summed E-state index contributed by atoms with van der Waals surface area (Å²) in [6.45, 7) is 6.43. The van der Waals surface area contributed by atoms with Gasteiger partial charge < -0.3 is 10.2 Å². The molecule has 0 saturated carbocycles. The summed E-state index contributed by atoms with van der Waals surface area (Å²) in [7, 11) is -3.47. The van der Waals surface area contributed by atoms with Crippen LogP contribution in [0.4, 0.5) is 11.4 Å². The molecule has 2 fully saturated rings. The molecule has 1 N–H and O–H groups in total. The first-order valence-corrected chi connectivity index (χ1v) is 10.9. The van der Waals surface area contributed by atoms with Gasteiger partial charge in [0.2, 0.25) is 0 Å². The van der Waals surface area contributed by atoms with Gasteiger partial charge in [-0.25, -0.2) is 8.42 Å². The quantitative estimate of drug-likeness (QED) is 0.572. The fourth-order valence-corrected chi connectivity index (χ4v) is 4.39. The standard InChI is InChI=1S/C17H26N4O4S.ClH/c1-26(24,25)15-2-3-16(17(12-15)21(22)23)20-10-8-19(9-11-20)13-14-4-6-18-7-5-14;/h2-3,12,14,18H,4-11,13H2,1H3;1H. The van der Waals surface area contributed by atoms with Crippen LogP contribution in [0.2, 0.25) is 0 Å². The number of nitrogens with one attached hydrogen (secondary N) is 1. The van der Waals surface area contributed by atoms with Gasteiger partial charge in [0.15, 0.2) is 9.84 Å². The summed E-state index contributed by atoms with van der Waals surface area (Å²) in [6, 6.07) is 4.20. The number of nitrogens with zero attached hydrogens (tertiary/aromatic N) is 3. The molecule has 8 nitrogen and oxygen atoms in total. The van der Waals surface area contributed by atoms with Crippen molar-refractivity contribution in [1.29, 1.82) is 0 Å². The highest BCUT2D eigenvalue weighted by atomic mass is 35.5. The molecular formula is C17H27ClN4O4S. The van der Waals surface area contributed by atoms with Gasteiger partial charge >= 0.3 is 0 Å². The lowest BCUT2D eigenvalue weighted by Gasteiger charge is -2.38. The second-order valence-corrected chi connectivity index (χ2v) is 9.18. The third kappa shape index (κ3) is 5.54. The number of piperazine rings is 1. The van der Waals surface area contributed by atoms with Gasteiger partial charge in [0.05, 0.1) is 9.82 Å². The smallest absolute Gasteiger partial charge is 0.293 e. The number of hydrogen-bond donors (Lipinski definition) is 1. The lowest BCUT2D eigenvalue weighted by atomic mass is 9.97. The van der Waals surface area contributed by atoms with Crippen molar-refractivity contribution in [1.82, 2.24) is 10.2 Å². The number of piperidine rings is 1. The fourth-order valence-electron chi connectivity index (χ4n) is 3.75. The molecule has 2 aliphatic rings. The summed E-state index contributed by atoms with van der Waals surface area (Å²) in [5.41, 5.74) is 0.364. The molecule has 2 saturated heterocycles. The van der Waals surface area contributed by atoms with Crippen molar-refractivity contribution in [3.8, 4) is 0 Å². The number of sulfone groups is 1. The Morgan fingerprint density at radius 2 is 1.81 bits per heavy atom. The summed E-state index contributed by atoms with van der Waals surface area (Å²) in [6.07, 6.45) is 3.47. The van der Waals surface area contributed by atoms with E-state index in [2.05, 4.69) is 10.2 Å². The summed E-state index contributed by atoms with van der Waals surface area (Å²) in [4.78, 5) is 15.4. The Morgan fingerprint density at radius 1 is 1.19 bits per heavy atom. The minimum absolute atomic E-state index is 0. The van der Waals surface area contributed by atoms with E-state index in [9.17, 15) is 18.5 Å². The van der Waals surface area contributed by atoms with E-state index in [1.807, 2.05) is 4.90 Å². The number of benzene rings is 1. The van der Waals surface area contributed by atoms with Gasteiger partial charge in [-0.15, -0.1) is 12.4 Å². The van der Waals surface area contributed by atoms with Crippen molar-refractivity contribution >= 4 is 33.6 Å². The Hall–Kier alpha value is -1.42. The first kappa shape index (κ1) is 21.9. The summed E-state index contributed by atoms with van der Waals surface area (Å²) in [5, 5.41) is 14.8. The maximum absolute atomic E-state index is 11.7. The second-order valence-electron chi connectivity index (χ2n) is 7.16. The van der Waals surface area contributed by atoms with Crippen LogP contribution in [0.3, 0.4) is 0 Å². The Balaban J connectivity index is 0.00000261. The van der Waals surface area contributed by atoms with Gasteiger partial charge in [-0.2, -0.15) is 0 Å². The average molecular weight is 419 g/mol. The van der Waals surface area contributed by atoms with E-state index < -0.39 is 14.8 Å². The molecule has 2 heterocycles. The first-order chi connectivity index (χ1) is 12.3. The minimum Gasteiger partial charge on any atom is -0.363 e. The lowest BCUT2D eigenvalue weighted by Crippen LogP contribution is -2.48. The highest BCUT2D eigenvalue weighted by Gasteiger charge is 2.26. The van der Waals surface area contributed by atoms with Crippen molar-refractivity contribution in [2.75, 3.05) is 57.0 Å². The van der Waals surface area contributed by atoms with Crippen LogP contribution in [0.25, 0.3) is 0 Å². The highest BCUT2D eigenvalue weighted by molar-refractivity contribution is 7.90. The summed E-state index contributed by atoms with van der Waals surface area (Å²) < 4.78 is 23.4. The molecular weight excluding hydrogens is 392 g/mol. The minimum atomic E-state index is -3.47. The van der Waals surface area contributed by atoms with Crippen molar-refractivity contribution < 1.29 is 13.3 Å². The van der Waals surface area contributed by atoms with E-state index >= 15 is 0 Å². The average Bonchev–Trinajstić information content (AvgIpc) is 2.62. The number of nitro groups is 1. The molecule has 2 aliphatic heterocycles. The molecule has 0 aromatic heterocycles. The van der Waals surface area contributed by atoms with Crippen LogP contribution in [-0.4, -0.2) is 70.3 Å². The van der Waals surface area contributed by atoms with E-state index in [1.165, 1.54) is 25.0 Å². The lowest BCUT2D eigenvalue weighted by molar-refractivity contribution is -0.384. The molecule has 1 aromatic carbocycles. The normalized spacial score (nSPS) is 19.5. The predicted molar refractivity (Wildman–Crippen MR) is 108 cm³/mol. The highest BCUT2D eigenvalue weighted by Crippen LogP contribution is 2.31. The largest absolute Gasteiger partial charge is 0.363 e. The van der Waals surface area contributed by atoms with Crippen LogP contribution >= 0.6 is 12.4 Å². The molecule has 0 radical (unpaired) electrons. The Morgan fingerprint density at radius 3 is 2.37 bits per heavy atom. The zero-order chi connectivity index (χ0) is 18.7. The van der Waals surface area contributed by atoms with Gasteiger partial charge in [-0.3, -0.25) is 15.0 Å². The van der Waals surface area contributed by atoms with Crippen molar-refractivity contribution in [2.24, 2.45) is 5.92 Å². The van der Waals surface area contributed by atoms with E-state index in [1.54, 1.807) is 6.07 Å². The molecule has 0 spiro atoms. The maximum atomic E-state index is 11.7. The monoisotopic (exact) mass is 418 g/mol. The van der Waals surface area contributed by atoms with Gasteiger partial charge in [-0.1, -0.05) is 0 Å². The molecule has 0 bridgehead atoms. The molecule has 0 unspecified atom stereocenters. The zero-order valence-electron chi connectivity index (χ0n) is 15.5. The molecule has 27 heavy (non-hydrogen) atoms. The molecule has 10 heteroatoms. The fraction of sp³-hybridized carbons (Fsp3) is 0.647. The van der Waals surface area contributed by atoms with Crippen LogP contribution in [0, 0.1) is 16.0 Å². The first-order valence-electron chi connectivity index (χ1n) is 9.01. The molecule has 0 atom stereocenters. The van der Waals surface area contributed by atoms with Gasteiger partial charge in [0.25, 0.3) is 5.69 Å². The van der Waals surface area contributed by atoms with Crippen molar-refractivity contribution in [3.63, 3.8) is 0 Å². The summed E-state index contributed by atoms with van der Waals surface area (Å²) >= 11 is 0. The Bertz CT molecular complexity index is 760. The van der Waals surface area contributed by atoms with Crippen LogP contribution < -0.4 is 10.2 Å². The topological polar surface area (TPSA) is 95.8 Å². The van der Waals surface area contributed by atoms with Gasteiger partial charge in [0, 0.05) is 45.0 Å². The van der Waals surface area contributed by atoms with Crippen LogP contribution in [0.5, 0.6) is 0 Å². The predicted octanol–water partition coefficient (Wildman–Crippen LogP) is 1.54. The van der Waals surface area contributed by atoms with Crippen LogP contribution in [-0.2, 0) is 9.84 Å². The molecule has 3 rings (SSSR count). The molecule has 0 amide bonds. The molecule has 0 aliphatic carbocycles. The number of rotatable bonds is 5. The van der Waals surface area contributed by atoms with Gasteiger partial charge in [-0.05, 0) is 44.0 Å². The SMILES string of the molecule is CS(=O)(=O)c1ccc(N2CCN(CC3CCNCC3)CC2)c([N+](=O)[O-])c1.Cl. The third-order valence-electron chi connectivity index (χ3n) is 5.26. The van der Waals surface area contributed by atoms with Crippen molar-refractivity contribution in [3.05, 3.63) is 28.3 Å². The number of anilines is 1. The number of halogens is 1. The third-order valence-corrected chi connectivity index (χ3v) is 6.37. The van der Waals surface area contributed by atoms with E-state index in [0.29, 0.717) is 18.8 Å². The second kappa shape index (κ2) is 9.18. The maximum Gasteiger partial charge on any atom is 0.293 e. The molecule has 152 valence electrons. The Kier molecular flexibility index (Phi) is 7.44. The number of hydrogen-bond acceptors (Lipinski definition) is 7. The van der Waals surface area contributed by atoms with Crippen molar-refractivity contribution in [2.45, 2.75) is 17.7 Å². The van der Waals surface area contributed by atoms with Crippen LogP contribution in [0.15, 0.2) is 23.1 Å². The summed E-state index contributed by atoms with van der Waals surface area (Å²) in [5.74, 6) is 0.728.